The van der Waals surface area contributed by atoms with Gasteiger partial charge in [0.1, 0.15) is 17.3 Å². The van der Waals surface area contributed by atoms with Crippen LogP contribution in [0.15, 0.2) is 36.5 Å². The topological polar surface area (TPSA) is 57.4 Å². The predicted octanol–water partition coefficient (Wildman–Crippen LogP) is 2.27. The van der Waals surface area contributed by atoms with Crippen molar-refractivity contribution in [2.24, 2.45) is 0 Å². The van der Waals surface area contributed by atoms with Gasteiger partial charge in [0.05, 0.1) is 14.2 Å². The first-order valence-electron chi connectivity index (χ1n) is 5.64. The molecule has 2 N–H and O–H groups in total. The fourth-order valence-corrected chi connectivity index (χ4v) is 1.84. The van der Waals surface area contributed by atoms with Crippen molar-refractivity contribution in [1.29, 1.82) is 0 Å². The number of pyridine rings is 1. The van der Waals surface area contributed by atoms with E-state index in [1.807, 2.05) is 30.3 Å². The molecule has 4 nitrogen and oxygen atoms in total. The Balaban J connectivity index is 2.32. The van der Waals surface area contributed by atoms with Crippen LogP contribution >= 0.6 is 0 Å². The van der Waals surface area contributed by atoms with Crippen LogP contribution in [0.2, 0.25) is 0 Å². The minimum absolute atomic E-state index is 0.523. The summed E-state index contributed by atoms with van der Waals surface area (Å²) in [5, 5.41) is 0. The highest BCUT2D eigenvalue weighted by atomic mass is 16.5. The van der Waals surface area contributed by atoms with Gasteiger partial charge in [0.15, 0.2) is 0 Å². The molecule has 0 aliphatic carbocycles. The highest BCUT2D eigenvalue weighted by Crippen LogP contribution is 2.26. The van der Waals surface area contributed by atoms with Gasteiger partial charge in [-0.25, -0.2) is 4.98 Å². The summed E-state index contributed by atoms with van der Waals surface area (Å²) in [6, 6.07) is 9.55. The standard InChI is InChI=1S/C14H16N2O2/c1-17-12-3-4-13(18-2)11(9-12)7-10-5-6-16-14(15)8-10/h3-6,8-9H,7H2,1-2H3,(H2,15,16). The van der Waals surface area contributed by atoms with Gasteiger partial charge >= 0.3 is 0 Å². The number of nitrogens with two attached hydrogens (primary N) is 1. The van der Waals surface area contributed by atoms with Crippen molar-refractivity contribution in [3.63, 3.8) is 0 Å². The summed E-state index contributed by atoms with van der Waals surface area (Å²) in [7, 11) is 3.31. The van der Waals surface area contributed by atoms with E-state index in [9.17, 15) is 0 Å². The van der Waals surface area contributed by atoms with Crippen LogP contribution in [0.3, 0.4) is 0 Å². The largest absolute Gasteiger partial charge is 0.497 e. The minimum Gasteiger partial charge on any atom is -0.497 e. The summed E-state index contributed by atoms with van der Waals surface area (Å²) in [6.07, 6.45) is 2.43. The maximum Gasteiger partial charge on any atom is 0.123 e. The summed E-state index contributed by atoms with van der Waals surface area (Å²) in [6.45, 7) is 0. The molecule has 2 rings (SSSR count). The highest BCUT2D eigenvalue weighted by Gasteiger charge is 2.06. The molecule has 0 saturated carbocycles. The lowest BCUT2D eigenvalue weighted by Gasteiger charge is -2.10. The van der Waals surface area contributed by atoms with Gasteiger partial charge in [-0.3, -0.25) is 0 Å². The molecule has 18 heavy (non-hydrogen) atoms. The smallest absolute Gasteiger partial charge is 0.123 e. The number of aromatic nitrogens is 1. The number of nitrogens with zero attached hydrogens (tertiary/aromatic N) is 1. The summed E-state index contributed by atoms with van der Waals surface area (Å²) in [4.78, 5) is 3.98. The Morgan fingerprint density at radius 2 is 1.94 bits per heavy atom. The van der Waals surface area contributed by atoms with Crippen molar-refractivity contribution in [1.82, 2.24) is 4.98 Å². The molecule has 0 amide bonds. The molecule has 0 atom stereocenters. The second kappa shape index (κ2) is 5.40. The Bertz CT molecular complexity index is 541. The molecule has 0 aliphatic heterocycles. The Hall–Kier alpha value is -2.23. The molecular formula is C14H16N2O2. The maximum absolute atomic E-state index is 5.67. The van der Waals surface area contributed by atoms with Gasteiger partial charge in [0.2, 0.25) is 0 Å². The quantitative estimate of drug-likeness (QED) is 0.896. The minimum atomic E-state index is 0.523. The van der Waals surface area contributed by atoms with Crippen LogP contribution in [0.4, 0.5) is 5.82 Å². The third kappa shape index (κ3) is 2.71. The zero-order chi connectivity index (χ0) is 13.0. The highest BCUT2D eigenvalue weighted by molar-refractivity contribution is 5.44. The summed E-state index contributed by atoms with van der Waals surface area (Å²) in [5.74, 6) is 2.17. The van der Waals surface area contributed by atoms with E-state index in [0.717, 1.165) is 29.0 Å². The molecule has 0 radical (unpaired) electrons. The molecule has 0 aliphatic rings. The molecule has 0 saturated heterocycles. The summed E-state index contributed by atoms with van der Waals surface area (Å²) >= 11 is 0. The average Bonchev–Trinajstić information content (AvgIpc) is 2.38. The van der Waals surface area contributed by atoms with E-state index in [1.54, 1.807) is 20.4 Å². The van der Waals surface area contributed by atoms with Gasteiger partial charge in [-0.05, 0) is 35.9 Å². The van der Waals surface area contributed by atoms with Gasteiger partial charge in [0, 0.05) is 18.2 Å². The zero-order valence-electron chi connectivity index (χ0n) is 10.5. The van der Waals surface area contributed by atoms with E-state index in [4.69, 9.17) is 15.2 Å². The second-order valence-corrected chi connectivity index (χ2v) is 3.94. The third-order valence-electron chi connectivity index (χ3n) is 2.73. The molecule has 94 valence electrons. The molecule has 0 fully saturated rings. The van der Waals surface area contributed by atoms with Crippen LogP contribution in [0.1, 0.15) is 11.1 Å². The van der Waals surface area contributed by atoms with E-state index in [-0.39, 0.29) is 0 Å². The molecule has 0 bridgehead atoms. The molecule has 1 aromatic carbocycles. The normalized spacial score (nSPS) is 10.1. The van der Waals surface area contributed by atoms with Gasteiger partial charge in [-0.1, -0.05) is 0 Å². The van der Waals surface area contributed by atoms with Crippen molar-refractivity contribution in [2.45, 2.75) is 6.42 Å². The molecular weight excluding hydrogens is 228 g/mol. The first-order valence-corrected chi connectivity index (χ1v) is 5.64. The first-order chi connectivity index (χ1) is 8.72. The fraction of sp³-hybridized carbons (Fsp3) is 0.214. The Morgan fingerprint density at radius 1 is 1.11 bits per heavy atom. The number of anilines is 1. The van der Waals surface area contributed by atoms with E-state index in [1.165, 1.54) is 0 Å². The Morgan fingerprint density at radius 3 is 2.61 bits per heavy atom. The summed E-state index contributed by atoms with van der Waals surface area (Å²) in [5.41, 5.74) is 7.82. The van der Waals surface area contributed by atoms with Crippen LogP contribution in [-0.4, -0.2) is 19.2 Å². The number of ether oxygens (including phenoxy) is 2. The monoisotopic (exact) mass is 244 g/mol. The predicted molar refractivity (Wildman–Crippen MR) is 71.0 cm³/mol. The zero-order valence-corrected chi connectivity index (χ0v) is 10.5. The van der Waals surface area contributed by atoms with Crippen LogP contribution in [0.5, 0.6) is 11.5 Å². The van der Waals surface area contributed by atoms with Crippen LogP contribution in [0.25, 0.3) is 0 Å². The summed E-state index contributed by atoms with van der Waals surface area (Å²) < 4.78 is 10.6. The van der Waals surface area contributed by atoms with E-state index >= 15 is 0 Å². The molecule has 0 spiro atoms. The lowest BCUT2D eigenvalue weighted by atomic mass is 10.0. The number of nitrogen functional groups attached to an aromatic ring is 1. The first kappa shape index (κ1) is 12.2. The van der Waals surface area contributed by atoms with E-state index in [2.05, 4.69) is 4.98 Å². The third-order valence-corrected chi connectivity index (χ3v) is 2.73. The van der Waals surface area contributed by atoms with Gasteiger partial charge in [-0.15, -0.1) is 0 Å². The van der Waals surface area contributed by atoms with Gasteiger partial charge in [0.25, 0.3) is 0 Å². The number of rotatable bonds is 4. The Kier molecular flexibility index (Phi) is 3.67. The van der Waals surface area contributed by atoms with E-state index in [0.29, 0.717) is 5.82 Å². The van der Waals surface area contributed by atoms with Crippen LogP contribution in [0, 0.1) is 0 Å². The van der Waals surface area contributed by atoms with E-state index < -0.39 is 0 Å². The SMILES string of the molecule is COc1ccc(OC)c(Cc2ccnc(N)c2)c1. The molecule has 1 aromatic heterocycles. The van der Waals surface area contributed by atoms with Crippen LogP contribution in [-0.2, 0) is 6.42 Å². The van der Waals surface area contributed by atoms with Crippen molar-refractivity contribution in [3.8, 4) is 11.5 Å². The van der Waals surface area contributed by atoms with Crippen molar-refractivity contribution < 1.29 is 9.47 Å². The second-order valence-electron chi connectivity index (χ2n) is 3.94. The number of hydrogen-bond acceptors (Lipinski definition) is 4. The Labute approximate surface area is 106 Å². The average molecular weight is 244 g/mol. The molecule has 2 aromatic rings. The number of benzene rings is 1. The van der Waals surface area contributed by atoms with Crippen molar-refractivity contribution >= 4 is 5.82 Å². The molecule has 0 unspecified atom stereocenters. The van der Waals surface area contributed by atoms with Crippen LogP contribution < -0.4 is 15.2 Å². The number of hydrogen-bond donors (Lipinski definition) is 1. The fourth-order valence-electron chi connectivity index (χ4n) is 1.84. The lowest BCUT2D eigenvalue weighted by molar-refractivity contribution is 0.399. The van der Waals surface area contributed by atoms with Gasteiger partial charge in [-0.2, -0.15) is 0 Å². The number of methoxy groups -OCH3 is 2. The molecule has 4 heteroatoms. The van der Waals surface area contributed by atoms with Crippen molar-refractivity contribution in [2.75, 3.05) is 20.0 Å². The van der Waals surface area contributed by atoms with Crippen molar-refractivity contribution in [3.05, 3.63) is 47.7 Å². The lowest BCUT2D eigenvalue weighted by Crippen LogP contribution is -1.97. The molecule has 1 heterocycles. The maximum atomic E-state index is 5.67. The van der Waals surface area contributed by atoms with Gasteiger partial charge < -0.3 is 15.2 Å².